The van der Waals surface area contributed by atoms with Gasteiger partial charge in [-0.25, -0.2) is 4.98 Å². The van der Waals surface area contributed by atoms with Crippen LogP contribution in [0.3, 0.4) is 0 Å². The Balaban J connectivity index is 2.33. The number of hydrogen-bond donors (Lipinski definition) is 1. The van der Waals surface area contributed by atoms with E-state index in [1.165, 1.54) is 0 Å². The summed E-state index contributed by atoms with van der Waals surface area (Å²) in [7, 11) is 0. The predicted octanol–water partition coefficient (Wildman–Crippen LogP) is 1.20. The van der Waals surface area contributed by atoms with Gasteiger partial charge in [0, 0.05) is 12.3 Å². The average Bonchev–Trinajstić information content (AvgIpc) is 2.53. The number of hydroxylamine groups is 2. The molecule has 2 heterocycles. The number of aromatic nitrogens is 1. The maximum Gasteiger partial charge on any atom is 0.417 e. The zero-order chi connectivity index (χ0) is 13.6. The lowest BCUT2D eigenvalue weighted by molar-refractivity contribution is -0.137. The van der Waals surface area contributed by atoms with Gasteiger partial charge in [0.05, 0.1) is 12.0 Å². The maximum atomic E-state index is 12.3. The first kappa shape index (κ1) is 12.9. The van der Waals surface area contributed by atoms with E-state index >= 15 is 0 Å². The van der Waals surface area contributed by atoms with Gasteiger partial charge in [0.1, 0.15) is 6.54 Å². The highest BCUT2D eigenvalue weighted by molar-refractivity contribution is 5.86. The third kappa shape index (κ3) is 2.09. The van der Waals surface area contributed by atoms with Crippen LogP contribution in [0.2, 0.25) is 0 Å². The number of aliphatic hydroxyl groups excluding tert-OH is 1. The third-order valence-electron chi connectivity index (χ3n) is 2.77. The number of nitrogens with zero attached hydrogens (tertiary/aromatic N) is 2. The number of ketones is 1. The van der Waals surface area contributed by atoms with Gasteiger partial charge in [0.2, 0.25) is 12.0 Å². The molecule has 1 N–H and O–H groups in total. The summed E-state index contributed by atoms with van der Waals surface area (Å²) < 4.78 is 35.5. The van der Waals surface area contributed by atoms with Crippen LogP contribution in [0.1, 0.15) is 12.0 Å². The van der Waals surface area contributed by atoms with Gasteiger partial charge in [-0.1, -0.05) is 0 Å². The molecule has 1 fully saturated rings. The van der Waals surface area contributed by atoms with E-state index in [2.05, 4.69) is 4.98 Å². The summed E-state index contributed by atoms with van der Waals surface area (Å²) >= 11 is 0. The fourth-order valence-electron chi connectivity index (χ4n) is 1.79. The number of Topliss-reactive ketones (excluding diaryl/α,β-unsaturated/α-hetero) is 1. The number of carbonyl (C=O) groups is 1. The van der Waals surface area contributed by atoms with Crippen molar-refractivity contribution in [1.29, 1.82) is 0 Å². The standard InChI is InChI=1S/C10H9F3N2O3/c11-10(12,13)6-1-2-8(14-4-6)15(18)5-7(16)3-9(15)17/h1-2,4,9,17H,3,5H2. The number of hydrogen-bond acceptors (Lipinski definition) is 4. The molecule has 1 aromatic rings. The van der Waals surface area contributed by atoms with Crippen molar-refractivity contribution in [2.45, 2.75) is 18.8 Å². The number of quaternary nitrogens is 1. The van der Waals surface area contributed by atoms with E-state index in [9.17, 15) is 28.3 Å². The number of rotatable bonds is 1. The van der Waals surface area contributed by atoms with Crippen LogP contribution in [0.4, 0.5) is 19.0 Å². The van der Waals surface area contributed by atoms with Crippen LogP contribution < -0.4 is 4.65 Å². The zero-order valence-corrected chi connectivity index (χ0v) is 9.02. The van der Waals surface area contributed by atoms with Gasteiger partial charge in [-0.3, -0.25) is 9.44 Å². The van der Waals surface area contributed by atoms with E-state index in [4.69, 9.17) is 0 Å². The van der Waals surface area contributed by atoms with Crippen LogP contribution in [-0.2, 0) is 11.0 Å². The Labute approximate surface area is 99.6 Å². The first-order valence-corrected chi connectivity index (χ1v) is 5.06. The van der Waals surface area contributed by atoms with Gasteiger partial charge < -0.3 is 10.3 Å². The fraction of sp³-hybridized carbons (Fsp3) is 0.400. The molecule has 0 saturated carbocycles. The number of carbonyl (C=O) groups excluding carboxylic acids is 1. The van der Waals surface area contributed by atoms with Gasteiger partial charge in [0.15, 0.2) is 5.78 Å². The second-order valence-corrected chi connectivity index (χ2v) is 4.08. The second-order valence-electron chi connectivity index (χ2n) is 4.08. The molecule has 1 aliphatic rings. The van der Waals surface area contributed by atoms with Crippen LogP contribution >= 0.6 is 0 Å². The normalized spacial score (nSPS) is 28.7. The number of alkyl halides is 3. The van der Waals surface area contributed by atoms with E-state index in [1.54, 1.807) is 0 Å². The van der Waals surface area contributed by atoms with Crippen LogP contribution in [0.5, 0.6) is 0 Å². The first-order chi connectivity index (χ1) is 8.23. The van der Waals surface area contributed by atoms with Gasteiger partial charge in [-0.05, 0) is 6.07 Å². The highest BCUT2D eigenvalue weighted by Crippen LogP contribution is 2.33. The van der Waals surface area contributed by atoms with E-state index in [-0.39, 0.29) is 12.2 Å². The number of halogens is 3. The molecule has 1 saturated heterocycles. The van der Waals surface area contributed by atoms with Gasteiger partial charge >= 0.3 is 6.18 Å². The molecule has 18 heavy (non-hydrogen) atoms. The van der Waals surface area contributed by atoms with Crippen LogP contribution in [0.15, 0.2) is 18.3 Å². The molecular weight excluding hydrogens is 253 g/mol. The first-order valence-electron chi connectivity index (χ1n) is 5.06. The Kier molecular flexibility index (Phi) is 2.88. The lowest BCUT2D eigenvalue weighted by atomic mass is 10.2. The lowest BCUT2D eigenvalue weighted by Crippen LogP contribution is -2.48. The molecule has 1 aliphatic heterocycles. The van der Waals surface area contributed by atoms with Crippen molar-refractivity contribution >= 4 is 11.6 Å². The summed E-state index contributed by atoms with van der Waals surface area (Å²) in [4.78, 5) is 14.5. The van der Waals surface area contributed by atoms with Crippen molar-refractivity contribution in [1.82, 2.24) is 9.63 Å². The topological polar surface area (TPSA) is 73.2 Å². The third-order valence-corrected chi connectivity index (χ3v) is 2.77. The van der Waals surface area contributed by atoms with Crippen molar-refractivity contribution in [3.8, 4) is 0 Å². The van der Waals surface area contributed by atoms with E-state index < -0.39 is 34.9 Å². The summed E-state index contributed by atoms with van der Waals surface area (Å²) in [5, 5.41) is 21.6. The molecule has 0 radical (unpaired) electrons. The molecular formula is C10H9F3N2O3. The Morgan fingerprint density at radius 3 is 2.50 bits per heavy atom. The molecule has 0 amide bonds. The predicted molar refractivity (Wildman–Crippen MR) is 54.9 cm³/mol. The van der Waals surface area contributed by atoms with Crippen molar-refractivity contribution in [2.75, 3.05) is 6.54 Å². The lowest BCUT2D eigenvalue weighted by Gasteiger charge is -2.38. The second kappa shape index (κ2) is 4.01. The van der Waals surface area contributed by atoms with Crippen molar-refractivity contribution < 1.29 is 23.1 Å². The zero-order valence-electron chi connectivity index (χ0n) is 9.02. The van der Waals surface area contributed by atoms with Gasteiger partial charge in [-0.2, -0.15) is 13.2 Å². The van der Waals surface area contributed by atoms with Gasteiger partial charge in [0.25, 0.3) is 0 Å². The fourth-order valence-corrected chi connectivity index (χ4v) is 1.79. The largest absolute Gasteiger partial charge is 0.624 e. The smallest absolute Gasteiger partial charge is 0.417 e. The molecule has 0 bridgehead atoms. The summed E-state index contributed by atoms with van der Waals surface area (Å²) in [6, 6.07) is 1.59. The average molecular weight is 262 g/mol. The molecule has 0 aromatic carbocycles. The number of aliphatic hydroxyl groups is 1. The van der Waals surface area contributed by atoms with Crippen molar-refractivity contribution in [3.05, 3.63) is 29.1 Å². The molecule has 2 unspecified atom stereocenters. The molecule has 0 spiro atoms. The summed E-state index contributed by atoms with van der Waals surface area (Å²) in [5.41, 5.74) is -0.988. The maximum absolute atomic E-state index is 12.3. The summed E-state index contributed by atoms with van der Waals surface area (Å²) in [6.45, 7) is -0.514. The SMILES string of the molecule is O=C1CC(O)[N+]([O-])(c2ccc(C(F)(F)F)cn2)C1. The number of pyridine rings is 1. The summed E-state index contributed by atoms with van der Waals surface area (Å²) in [5.74, 6) is -0.749. The molecule has 98 valence electrons. The quantitative estimate of drug-likeness (QED) is 0.609. The van der Waals surface area contributed by atoms with Crippen molar-refractivity contribution in [2.24, 2.45) is 0 Å². The summed E-state index contributed by atoms with van der Waals surface area (Å²) in [6.07, 6.45) is -5.85. The van der Waals surface area contributed by atoms with E-state index in [0.29, 0.717) is 12.3 Å². The Morgan fingerprint density at radius 1 is 1.44 bits per heavy atom. The minimum absolute atomic E-state index is 0.304. The van der Waals surface area contributed by atoms with Crippen LogP contribution in [-0.4, -0.2) is 28.6 Å². The van der Waals surface area contributed by atoms with Crippen LogP contribution in [0, 0.1) is 5.21 Å². The minimum atomic E-state index is -4.54. The molecule has 1 aromatic heterocycles. The Bertz CT molecular complexity index is 474. The minimum Gasteiger partial charge on any atom is -0.624 e. The Hall–Kier alpha value is -1.51. The molecule has 5 nitrogen and oxygen atoms in total. The monoisotopic (exact) mass is 262 g/mol. The highest BCUT2D eigenvalue weighted by atomic mass is 19.4. The van der Waals surface area contributed by atoms with E-state index in [0.717, 1.165) is 6.07 Å². The Morgan fingerprint density at radius 2 is 2.11 bits per heavy atom. The highest BCUT2D eigenvalue weighted by Gasteiger charge is 2.42. The van der Waals surface area contributed by atoms with Crippen LogP contribution in [0.25, 0.3) is 0 Å². The van der Waals surface area contributed by atoms with Gasteiger partial charge in [-0.15, -0.1) is 0 Å². The molecule has 2 rings (SSSR count). The van der Waals surface area contributed by atoms with Crippen molar-refractivity contribution in [3.63, 3.8) is 0 Å². The molecule has 0 aliphatic carbocycles. The molecule has 8 heteroatoms. The van der Waals surface area contributed by atoms with E-state index in [1.807, 2.05) is 0 Å². The molecule has 2 atom stereocenters.